The molecule has 1 saturated carbocycles. The molecule has 1 saturated heterocycles. The third kappa shape index (κ3) is 1.30. The van der Waals surface area contributed by atoms with Crippen molar-refractivity contribution < 1.29 is 0 Å². The minimum absolute atomic E-state index is 0.914. The van der Waals surface area contributed by atoms with Gasteiger partial charge < -0.3 is 5.32 Å². The normalized spacial score (nSPS) is 45.8. The molecule has 1 N–H and O–H groups in total. The van der Waals surface area contributed by atoms with Crippen LogP contribution in [-0.4, -0.2) is 37.1 Å². The summed E-state index contributed by atoms with van der Waals surface area (Å²) in [6, 6.07) is 0.914. The summed E-state index contributed by atoms with van der Waals surface area (Å²) in [5, 5.41) is 3.39. The van der Waals surface area contributed by atoms with Crippen molar-refractivity contribution >= 4 is 0 Å². The summed E-state index contributed by atoms with van der Waals surface area (Å²) in [4.78, 5) is 2.64. The summed E-state index contributed by atoms with van der Waals surface area (Å²) in [7, 11) is 0. The lowest BCUT2D eigenvalue weighted by molar-refractivity contribution is 0.217. The number of piperazine rings is 1. The van der Waals surface area contributed by atoms with Crippen LogP contribution in [0.1, 0.15) is 13.8 Å². The molecule has 2 heteroatoms. The molecule has 0 bridgehead atoms. The zero-order valence-corrected chi connectivity index (χ0v) is 7.51. The minimum atomic E-state index is 0.914. The first-order valence-electron chi connectivity index (χ1n) is 4.75. The summed E-state index contributed by atoms with van der Waals surface area (Å²) in [6.07, 6.45) is 0. The molecule has 0 aromatic rings. The zero-order valence-electron chi connectivity index (χ0n) is 7.51. The molecule has 0 amide bonds. The second-order valence-corrected chi connectivity index (χ2v) is 3.99. The third-order valence-electron chi connectivity index (χ3n) is 3.34. The maximum atomic E-state index is 3.39. The molecular formula is C9H18N2. The van der Waals surface area contributed by atoms with Crippen molar-refractivity contribution in [3.8, 4) is 0 Å². The second-order valence-electron chi connectivity index (χ2n) is 3.99. The number of hydrogen-bond donors (Lipinski definition) is 1. The molecular weight excluding hydrogens is 136 g/mol. The summed E-state index contributed by atoms with van der Waals surface area (Å²) in [5.74, 6) is 1.90. The average Bonchev–Trinajstić information content (AvgIpc) is 2.62. The summed E-state index contributed by atoms with van der Waals surface area (Å²) < 4.78 is 0. The fourth-order valence-electron chi connectivity index (χ4n) is 2.28. The van der Waals surface area contributed by atoms with E-state index in [0.717, 1.165) is 17.9 Å². The fraction of sp³-hybridized carbons (Fsp3) is 1.00. The van der Waals surface area contributed by atoms with Crippen molar-refractivity contribution in [1.29, 1.82) is 0 Å². The maximum Gasteiger partial charge on any atom is 0.0154 e. The quantitative estimate of drug-likeness (QED) is 0.593. The van der Waals surface area contributed by atoms with Gasteiger partial charge in [0.15, 0.2) is 0 Å². The monoisotopic (exact) mass is 154 g/mol. The molecule has 2 fully saturated rings. The van der Waals surface area contributed by atoms with Gasteiger partial charge in [-0.15, -0.1) is 0 Å². The Morgan fingerprint density at radius 2 is 1.64 bits per heavy atom. The van der Waals surface area contributed by atoms with Crippen LogP contribution in [0.4, 0.5) is 0 Å². The Bertz CT molecular complexity index is 132. The molecule has 2 atom stereocenters. The van der Waals surface area contributed by atoms with Gasteiger partial charge in [0.1, 0.15) is 0 Å². The Morgan fingerprint density at radius 3 is 2.09 bits per heavy atom. The van der Waals surface area contributed by atoms with Gasteiger partial charge in [0.25, 0.3) is 0 Å². The summed E-state index contributed by atoms with van der Waals surface area (Å²) in [5.41, 5.74) is 0. The topological polar surface area (TPSA) is 15.3 Å². The van der Waals surface area contributed by atoms with Crippen LogP contribution in [-0.2, 0) is 0 Å². The molecule has 2 rings (SSSR count). The lowest BCUT2D eigenvalue weighted by Crippen LogP contribution is -2.45. The molecule has 0 aromatic heterocycles. The van der Waals surface area contributed by atoms with Crippen LogP contribution in [0.3, 0.4) is 0 Å². The highest BCUT2D eigenvalue weighted by Gasteiger charge is 2.46. The fourth-order valence-corrected chi connectivity index (χ4v) is 2.28. The molecule has 0 aromatic carbocycles. The van der Waals surface area contributed by atoms with Crippen LogP contribution >= 0.6 is 0 Å². The van der Waals surface area contributed by atoms with E-state index in [2.05, 4.69) is 24.1 Å². The van der Waals surface area contributed by atoms with E-state index in [0.29, 0.717) is 0 Å². The van der Waals surface area contributed by atoms with E-state index in [1.54, 1.807) is 0 Å². The molecule has 0 spiro atoms. The Hall–Kier alpha value is -0.0800. The molecule has 0 radical (unpaired) electrons. The van der Waals surface area contributed by atoms with Crippen LogP contribution in [0.5, 0.6) is 0 Å². The van der Waals surface area contributed by atoms with Crippen molar-refractivity contribution in [3.05, 3.63) is 0 Å². The summed E-state index contributed by atoms with van der Waals surface area (Å²) >= 11 is 0. The molecule has 1 heterocycles. The Morgan fingerprint density at radius 1 is 1.09 bits per heavy atom. The molecule has 2 unspecified atom stereocenters. The maximum absolute atomic E-state index is 3.39. The number of nitrogens with one attached hydrogen (secondary N) is 1. The third-order valence-corrected chi connectivity index (χ3v) is 3.34. The van der Waals surface area contributed by atoms with Crippen LogP contribution in [0, 0.1) is 11.8 Å². The minimum Gasteiger partial charge on any atom is -0.314 e. The van der Waals surface area contributed by atoms with E-state index >= 15 is 0 Å². The Labute approximate surface area is 69.0 Å². The van der Waals surface area contributed by atoms with Crippen LogP contribution in [0.15, 0.2) is 0 Å². The molecule has 1 aliphatic carbocycles. The van der Waals surface area contributed by atoms with Gasteiger partial charge in [-0.25, -0.2) is 0 Å². The highest BCUT2D eigenvalue weighted by molar-refractivity contribution is 5.00. The van der Waals surface area contributed by atoms with Gasteiger partial charge in [-0.3, -0.25) is 4.90 Å². The molecule has 1 aliphatic heterocycles. The Kier molecular flexibility index (Phi) is 1.90. The highest BCUT2D eigenvalue weighted by atomic mass is 15.2. The van der Waals surface area contributed by atoms with Crippen molar-refractivity contribution in [2.45, 2.75) is 19.9 Å². The largest absolute Gasteiger partial charge is 0.314 e. The summed E-state index contributed by atoms with van der Waals surface area (Å²) in [6.45, 7) is 9.65. The van der Waals surface area contributed by atoms with Crippen LogP contribution in [0.25, 0.3) is 0 Å². The van der Waals surface area contributed by atoms with Crippen molar-refractivity contribution in [1.82, 2.24) is 10.2 Å². The van der Waals surface area contributed by atoms with Gasteiger partial charge in [-0.2, -0.15) is 0 Å². The van der Waals surface area contributed by atoms with Gasteiger partial charge in [-0.05, 0) is 11.8 Å². The standard InChI is InChI=1S/C9H18N2/c1-7-8(2)9(7)11-5-3-10-4-6-11/h7-10H,3-6H2,1-2H3. The molecule has 2 nitrogen and oxygen atoms in total. The highest BCUT2D eigenvalue weighted by Crippen LogP contribution is 2.42. The molecule has 11 heavy (non-hydrogen) atoms. The van der Waals surface area contributed by atoms with E-state index in [1.807, 2.05) is 0 Å². The number of nitrogens with zero attached hydrogens (tertiary/aromatic N) is 1. The van der Waals surface area contributed by atoms with Gasteiger partial charge in [0.2, 0.25) is 0 Å². The molecule has 2 aliphatic rings. The lowest BCUT2D eigenvalue weighted by Gasteiger charge is -2.27. The van der Waals surface area contributed by atoms with Gasteiger partial charge >= 0.3 is 0 Å². The number of hydrogen-bond acceptors (Lipinski definition) is 2. The zero-order chi connectivity index (χ0) is 7.84. The average molecular weight is 154 g/mol. The second kappa shape index (κ2) is 2.76. The Balaban J connectivity index is 1.85. The smallest absolute Gasteiger partial charge is 0.0154 e. The lowest BCUT2D eigenvalue weighted by atomic mass is 10.3. The van der Waals surface area contributed by atoms with E-state index in [-0.39, 0.29) is 0 Å². The van der Waals surface area contributed by atoms with Gasteiger partial charge in [0, 0.05) is 32.2 Å². The van der Waals surface area contributed by atoms with E-state index in [1.165, 1.54) is 26.2 Å². The van der Waals surface area contributed by atoms with Crippen molar-refractivity contribution in [3.63, 3.8) is 0 Å². The SMILES string of the molecule is CC1C(C)C1N1CCNCC1. The van der Waals surface area contributed by atoms with E-state index in [9.17, 15) is 0 Å². The predicted molar refractivity (Wildman–Crippen MR) is 46.6 cm³/mol. The van der Waals surface area contributed by atoms with Crippen molar-refractivity contribution in [2.75, 3.05) is 26.2 Å². The van der Waals surface area contributed by atoms with Crippen molar-refractivity contribution in [2.24, 2.45) is 11.8 Å². The van der Waals surface area contributed by atoms with Gasteiger partial charge in [0.05, 0.1) is 0 Å². The van der Waals surface area contributed by atoms with Gasteiger partial charge in [-0.1, -0.05) is 13.8 Å². The van der Waals surface area contributed by atoms with Crippen LogP contribution < -0.4 is 5.32 Å². The van der Waals surface area contributed by atoms with E-state index < -0.39 is 0 Å². The first-order valence-corrected chi connectivity index (χ1v) is 4.75. The van der Waals surface area contributed by atoms with E-state index in [4.69, 9.17) is 0 Å². The number of rotatable bonds is 1. The molecule has 64 valence electrons. The van der Waals surface area contributed by atoms with Crippen LogP contribution in [0.2, 0.25) is 0 Å². The first kappa shape index (κ1) is 7.56. The first-order chi connectivity index (χ1) is 5.30. The predicted octanol–water partition coefficient (Wildman–Crippen LogP) is 0.546.